The van der Waals surface area contributed by atoms with Gasteiger partial charge in [0.25, 0.3) is 0 Å². The normalized spacial score (nSPS) is 26.3. The zero-order valence-corrected chi connectivity index (χ0v) is 9.22. The first-order valence-electron chi connectivity index (χ1n) is 5.59. The second-order valence-electron chi connectivity index (χ2n) is 4.18. The summed E-state index contributed by atoms with van der Waals surface area (Å²) in [7, 11) is 0. The maximum atomic E-state index is 11.3. The number of fused-ring (bicyclic) bond motifs is 1. The number of carbonyl (C=O) groups excluding carboxylic acids is 1. The SMILES string of the molecule is NC1COc2cc(OC3CCOC3=O)ccc21. The topological polar surface area (TPSA) is 70.8 Å². The van der Waals surface area contributed by atoms with Gasteiger partial charge in [-0.1, -0.05) is 0 Å². The Bertz CT molecular complexity index is 460. The Kier molecular flexibility index (Phi) is 2.40. The summed E-state index contributed by atoms with van der Waals surface area (Å²) in [5.41, 5.74) is 6.82. The van der Waals surface area contributed by atoms with Gasteiger partial charge in [-0.25, -0.2) is 4.79 Å². The van der Waals surface area contributed by atoms with Crippen LogP contribution in [0.4, 0.5) is 0 Å². The Hall–Kier alpha value is -1.75. The van der Waals surface area contributed by atoms with Crippen LogP contribution in [0.5, 0.6) is 11.5 Å². The van der Waals surface area contributed by atoms with Crippen LogP contribution in [0, 0.1) is 0 Å². The minimum Gasteiger partial charge on any atom is -0.491 e. The second-order valence-corrected chi connectivity index (χ2v) is 4.18. The fraction of sp³-hybridized carbons (Fsp3) is 0.417. The summed E-state index contributed by atoms with van der Waals surface area (Å²) < 4.78 is 15.8. The van der Waals surface area contributed by atoms with Crippen molar-refractivity contribution < 1.29 is 19.0 Å². The predicted molar refractivity (Wildman–Crippen MR) is 58.9 cm³/mol. The van der Waals surface area contributed by atoms with Crippen LogP contribution in [0.25, 0.3) is 0 Å². The molecule has 2 N–H and O–H groups in total. The molecule has 5 nitrogen and oxygen atoms in total. The van der Waals surface area contributed by atoms with Gasteiger partial charge in [-0.2, -0.15) is 0 Å². The molecule has 0 bridgehead atoms. The number of rotatable bonds is 2. The maximum absolute atomic E-state index is 11.3. The number of cyclic esters (lactones) is 1. The van der Waals surface area contributed by atoms with E-state index in [0.717, 1.165) is 11.3 Å². The first kappa shape index (κ1) is 10.4. The van der Waals surface area contributed by atoms with Gasteiger partial charge in [0.1, 0.15) is 18.1 Å². The Morgan fingerprint density at radius 3 is 3.00 bits per heavy atom. The standard InChI is InChI=1S/C12H13NO4/c13-9-6-16-11-5-7(1-2-8(9)11)17-10-3-4-15-12(10)14/h1-2,5,9-10H,3-4,6,13H2. The lowest BCUT2D eigenvalue weighted by Crippen LogP contribution is -2.21. The van der Waals surface area contributed by atoms with Crippen molar-refractivity contribution in [1.29, 1.82) is 0 Å². The maximum Gasteiger partial charge on any atom is 0.347 e. The minimum absolute atomic E-state index is 0.0736. The van der Waals surface area contributed by atoms with Crippen LogP contribution in [-0.2, 0) is 9.53 Å². The van der Waals surface area contributed by atoms with Gasteiger partial charge >= 0.3 is 5.97 Å². The van der Waals surface area contributed by atoms with Crippen molar-refractivity contribution in [1.82, 2.24) is 0 Å². The molecule has 0 saturated carbocycles. The highest BCUT2D eigenvalue weighted by Gasteiger charge is 2.29. The molecular weight excluding hydrogens is 222 g/mol. The number of nitrogens with two attached hydrogens (primary N) is 1. The van der Waals surface area contributed by atoms with Crippen LogP contribution in [0.3, 0.4) is 0 Å². The number of hydrogen-bond donors (Lipinski definition) is 1. The molecule has 90 valence electrons. The van der Waals surface area contributed by atoms with Crippen LogP contribution >= 0.6 is 0 Å². The summed E-state index contributed by atoms with van der Waals surface area (Å²) in [4.78, 5) is 11.3. The van der Waals surface area contributed by atoms with Crippen LogP contribution in [0.15, 0.2) is 18.2 Å². The van der Waals surface area contributed by atoms with Crippen molar-refractivity contribution in [3.63, 3.8) is 0 Å². The molecule has 0 radical (unpaired) electrons. The number of carbonyl (C=O) groups is 1. The zero-order valence-electron chi connectivity index (χ0n) is 9.22. The van der Waals surface area contributed by atoms with Gasteiger partial charge in [-0.05, 0) is 12.1 Å². The molecule has 1 fully saturated rings. The van der Waals surface area contributed by atoms with E-state index < -0.39 is 6.10 Å². The molecule has 2 aliphatic heterocycles. The summed E-state index contributed by atoms with van der Waals surface area (Å²) >= 11 is 0. The van der Waals surface area contributed by atoms with E-state index in [0.29, 0.717) is 25.4 Å². The largest absolute Gasteiger partial charge is 0.491 e. The fourth-order valence-electron chi connectivity index (χ4n) is 2.04. The van der Waals surface area contributed by atoms with Crippen molar-refractivity contribution in [2.75, 3.05) is 13.2 Å². The second kappa shape index (κ2) is 3.92. The molecule has 1 saturated heterocycles. The molecule has 2 aliphatic rings. The van der Waals surface area contributed by atoms with Gasteiger partial charge in [0.05, 0.1) is 12.6 Å². The number of benzene rings is 1. The molecular formula is C12H13NO4. The van der Waals surface area contributed by atoms with Crippen molar-refractivity contribution >= 4 is 5.97 Å². The first-order valence-corrected chi connectivity index (χ1v) is 5.59. The van der Waals surface area contributed by atoms with E-state index in [4.69, 9.17) is 19.9 Å². The number of hydrogen-bond acceptors (Lipinski definition) is 5. The van der Waals surface area contributed by atoms with Gasteiger partial charge in [-0.15, -0.1) is 0 Å². The Labute approximate surface area is 98.5 Å². The molecule has 5 heteroatoms. The highest BCUT2D eigenvalue weighted by molar-refractivity contribution is 5.76. The van der Waals surface area contributed by atoms with E-state index in [-0.39, 0.29) is 12.0 Å². The smallest absolute Gasteiger partial charge is 0.347 e. The third kappa shape index (κ3) is 1.82. The van der Waals surface area contributed by atoms with E-state index in [1.54, 1.807) is 12.1 Å². The molecule has 0 aliphatic carbocycles. The van der Waals surface area contributed by atoms with Crippen LogP contribution in [0.2, 0.25) is 0 Å². The minimum atomic E-state index is -0.497. The average molecular weight is 235 g/mol. The molecule has 2 heterocycles. The Morgan fingerprint density at radius 2 is 2.24 bits per heavy atom. The Morgan fingerprint density at radius 1 is 1.35 bits per heavy atom. The van der Waals surface area contributed by atoms with Gasteiger partial charge in [0.15, 0.2) is 6.10 Å². The van der Waals surface area contributed by atoms with Crippen molar-refractivity contribution in [2.24, 2.45) is 5.73 Å². The molecule has 1 aromatic carbocycles. The number of ether oxygens (including phenoxy) is 3. The quantitative estimate of drug-likeness (QED) is 0.767. The number of esters is 1. The molecule has 17 heavy (non-hydrogen) atoms. The molecule has 0 amide bonds. The monoisotopic (exact) mass is 235 g/mol. The molecule has 1 aromatic rings. The van der Waals surface area contributed by atoms with Gasteiger partial charge in [0.2, 0.25) is 0 Å². The summed E-state index contributed by atoms with van der Waals surface area (Å²) in [5.74, 6) is 1.05. The third-order valence-corrected chi connectivity index (χ3v) is 2.97. The lowest BCUT2D eigenvalue weighted by atomic mass is 10.1. The van der Waals surface area contributed by atoms with Gasteiger partial charge in [0, 0.05) is 18.1 Å². The van der Waals surface area contributed by atoms with Crippen molar-refractivity contribution in [3.05, 3.63) is 23.8 Å². The summed E-state index contributed by atoms with van der Waals surface area (Å²) in [6, 6.07) is 5.38. The lowest BCUT2D eigenvalue weighted by molar-refractivity contribution is -0.143. The Balaban J connectivity index is 1.78. The average Bonchev–Trinajstić information content (AvgIpc) is 2.87. The van der Waals surface area contributed by atoms with Gasteiger partial charge < -0.3 is 19.9 Å². The third-order valence-electron chi connectivity index (χ3n) is 2.97. The summed E-state index contributed by atoms with van der Waals surface area (Å²) in [6.07, 6.45) is 0.0964. The van der Waals surface area contributed by atoms with Crippen molar-refractivity contribution in [2.45, 2.75) is 18.6 Å². The van der Waals surface area contributed by atoms with Crippen LogP contribution in [-0.4, -0.2) is 25.3 Å². The van der Waals surface area contributed by atoms with Crippen LogP contribution in [0.1, 0.15) is 18.0 Å². The summed E-state index contributed by atoms with van der Waals surface area (Å²) in [5, 5.41) is 0. The highest BCUT2D eigenvalue weighted by Crippen LogP contribution is 2.34. The fourth-order valence-corrected chi connectivity index (χ4v) is 2.04. The first-order chi connectivity index (χ1) is 8.24. The molecule has 0 aromatic heterocycles. The van der Waals surface area contributed by atoms with Gasteiger partial charge in [-0.3, -0.25) is 0 Å². The van der Waals surface area contributed by atoms with Crippen LogP contribution < -0.4 is 15.2 Å². The van der Waals surface area contributed by atoms with E-state index in [9.17, 15) is 4.79 Å². The van der Waals surface area contributed by atoms with E-state index >= 15 is 0 Å². The molecule has 3 rings (SSSR count). The van der Waals surface area contributed by atoms with E-state index in [1.165, 1.54) is 0 Å². The van der Waals surface area contributed by atoms with E-state index in [1.807, 2.05) is 6.07 Å². The molecule has 2 unspecified atom stereocenters. The zero-order chi connectivity index (χ0) is 11.8. The lowest BCUT2D eigenvalue weighted by Gasteiger charge is -2.11. The molecule has 2 atom stereocenters. The van der Waals surface area contributed by atoms with Crippen molar-refractivity contribution in [3.8, 4) is 11.5 Å². The highest BCUT2D eigenvalue weighted by atomic mass is 16.6. The summed E-state index contributed by atoms with van der Waals surface area (Å²) in [6.45, 7) is 0.917. The predicted octanol–water partition coefficient (Wildman–Crippen LogP) is 0.773. The molecule has 0 spiro atoms. The van der Waals surface area contributed by atoms with E-state index in [2.05, 4.69) is 0 Å².